The molecule has 2 aromatic carbocycles. The molecular formula is C24H26N4O4. The van der Waals surface area contributed by atoms with E-state index in [1.165, 1.54) is 0 Å². The number of nitrogens with one attached hydrogen (secondary N) is 3. The molecule has 2 unspecified atom stereocenters. The number of fused-ring (bicyclic) bond motifs is 4. The van der Waals surface area contributed by atoms with Gasteiger partial charge in [0.1, 0.15) is 12.1 Å². The number of hydrogen-bond donors (Lipinski definition) is 6. The van der Waals surface area contributed by atoms with Gasteiger partial charge in [-0.3, -0.25) is 14.9 Å². The van der Waals surface area contributed by atoms with Crippen LogP contribution in [-0.4, -0.2) is 44.2 Å². The maximum atomic E-state index is 11.1. The van der Waals surface area contributed by atoms with Crippen molar-refractivity contribution in [1.82, 2.24) is 15.3 Å². The standard InChI is InChI=1S/C13H14N2O2.C11H12N2O2/c1-7-12-9(6-11(14-7)13(16)17)8-4-2-3-5-10(8)15-12;12-9(11(14)15)5-7-6-13-10-4-2-1-3-8(7)10/h2-5,7,11,14-15H,6H2,1H3,(H,16,17);1-4,6,9,13H,5,12H2,(H,14,15)/t;9-/m.0/s1. The van der Waals surface area contributed by atoms with Crippen molar-refractivity contribution in [3.05, 3.63) is 71.5 Å². The maximum absolute atomic E-state index is 11.1. The van der Waals surface area contributed by atoms with Crippen LogP contribution in [0.25, 0.3) is 21.8 Å². The van der Waals surface area contributed by atoms with Gasteiger partial charge in [0.05, 0.1) is 0 Å². The first-order chi connectivity index (χ1) is 15.3. The van der Waals surface area contributed by atoms with Gasteiger partial charge in [-0.25, -0.2) is 0 Å². The Kier molecular flexibility index (Phi) is 5.98. The minimum atomic E-state index is -0.972. The lowest BCUT2D eigenvalue weighted by molar-refractivity contribution is -0.140. The van der Waals surface area contributed by atoms with Crippen LogP contribution >= 0.6 is 0 Å². The predicted octanol–water partition coefficient (Wildman–Crippen LogP) is 2.95. The molecule has 0 aliphatic carbocycles. The minimum absolute atomic E-state index is 0.0484. The first-order valence-corrected chi connectivity index (χ1v) is 10.5. The molecule has 1 aliphatic heterocycles. The summed E-state index contributed by atoms with van der Waals surface area (Å²) in [6, 6.07) is 14.5. The number of aromatic nitrogens is 2. The Labute approximate surface area is 184 Å². The molecular weight excluding hydrogens is 408 g/mol. The number of carbonyl (C=O) groups is 2. The molecule has 8 heteroatoms. The second-order valence-electron chi connectivity index (χ2n) is 8.05. The second-order valence-corrected chi connectivity index (χ2v) is 8.05. The quantitative estimate of drug-likeness (QED) is 0.291. The van der Waals surface area contributed by atoms with Crippen LogP contribution in [0.2, 0.25) is 0 Å². The number of aromatic amines is 2. The molecule has 0 radical (unpaired) electrons. The van der Waals surface area contributed by atoms with Gasteiger partial charge in [0.15, 0.2) is 0 Å². The Morgan fingerprint density at radius 3 is 2.41 bits per heavy atom. The molecule has 0 spiro atoms. The third kappa shape index (κ3) is 4.23. The molecule has 8 nitrogen and oxygen atoms in total. The zero-order valence-corrected chi connectivity index (χ0v) is 17.6. The van der Waals surface area contributed by atoms with Gasteiger partial charge in [-0.2, -0.15) is 0 Å². The van der Waals surface area contributed by atoms with E-state index in [1.54, 1.807) is 0 Å². The van der Waals surface area contributed by atoms with Crippen molar-refractivity contribution in [2.45, 2.75) is 37.9 Å². The smallest absolute Gasteiger partial charge is 0.321 e. The highest BCUT2D eigenvalue weighted by molar-refractivity contribution is 5.87. The SMILES string of the molecule is CC1NC(C(=O)O)Cc2c1[nH]c1ccccc21.N[C@@H](Cc1c[nH]c2ccccc12)C(=O)O. The van der Waals surface area contributed by atoms with Gasteiger partial charge in [0, 0.05) is 52.6 Å². The van der Waals surface area contributed by atoms with Gasteiger partial charge < -0.3 is 25.9 Å². The van der Waals surface area contributed by atoms with Crippen LogP contribution < -0.4 is 11.1 Å². The summed E-state index contributed by atoms with van der Waals surface area (Å²) in [5.74, 6) is -1.76. The van der Waals surface area contributed by atoms with Gasteiger partial charge in [0.25, 0.3) is 0 Å². The number of carboxylic acids is 2. The van der Waals surface area contributed by atoms with Gasteiger partial charge >= 0.3 is 11.9 Å². The van der Waals surface area contributed by atoms with Crippen molar-refractivity contribution in [1.29, 1.82) is 0 Å². The number of benzene rings is 2. The molecule has 3 heterocycles. The third-order valence-corrected chi connectivity index (χ3v) is 5.87. The van der Waals surface area contributed by atoms with E-state index in [2.05, 4.69) is 15.3 Å². The molecule has 0 amide bonds. The summed E-state index contributed by atoms with van der Waals surface area (Å²) in [4.78, 5) is 28.2. The van der Waals surface area contributed by atoms with E-state index in [9.17, 15) is 9.59 Å². The molecule has 0 fully saturated rings. The van der Waals surface area contributed by atoms with E-state index in [-0.39, 0.29) is 6.04 Å². The van der Waals surface area contributed by atoms with E-state index in [1.807, 2.05) is 61.7 Å². The Hall–Kier alpha value is -3.62. The number of H-pyrrole nitrogens is 2. The highest BCUT2D eigenvalue weighted by Crippen LogP contribution is 2.31. The van der Waals surface area contributed by atoms with Crippen LogP contribution in [-0.2, 0) is 22.4 Å². The molecule has 166 valence electrons. The number of rotatable bonds is 4. The van der Waals surface area contributed by atoms with Crippen molar-refractivity contribution < 1.29 is 19.8 Å². The molecule has 3 atom stereocenters. The maximum Gasteiger partial charge on any atom is 0.321 e. The highest BCUT2D eigenvalue weighted by Gasteiger charge is 2.30. The molecule has 32 heavy (non-hydrogen) atoms. The summed E-state index contributed by atoms with van der Waals surface area (Å²) < 4.78 is 0. The van der Waals surface area contributed by atoms with Crippen LogP contribution in [0.5, 0.6) is 0 Å². The molecule has 7 N–H and O–H groups in total. The van der Waals surface area contributed by atoms with Crippen LogP contribution in [0.3, 0.4) is 0 Å². The van der Waals surface area contributed by atoms with Crippen LogP contribution in [0, 0.1) is 0 Å². The topological polar surface area (TPSA) is 144 Å². The summed E-state index contributed by atoms with van der Waals surface area (Å²) >= 11 is 0. The Balaban J connectivity index is 0.000000155. The second kappa shape index (κ2) is 8.86. The molecule has 0 bridgehead atoms. The fourth-order valence-electron chi connectivity index (χ4n) is 4.24. The Bertz CT molecular complexity index is 1280. The van der Waals surface area contributed by atoms with E-state index in [4.69, 9.17) is 15.9 Å². The monoisotopic (exact) mass is 434 g/mol. The van der Waals surface area contributed by atoms with Crippen LogP contribution in [0.15, 0.2) is 54.7 Å². The molecule has 2 aromatic heterocycles. The number of hydrogen-bond acceptors (Lipinski definition) is 4. The highest BCUT2D eigenvalue weighted by atomic mass is 16.4. The largest absolute Gasteiger partial charge is 0.480 e. The van der Waals surface area contributed by atoms with Crippen LogP contribution in [0.1, 0.15) is 29.8 Å². The fraction of sp³-hybridized carbons (Fsp3) is 0.250. The Morgan fingerprint density at radius 1 is 1.06 bits per heavy atom. The normalized spacial score (nSPS) is 18.6. The lowest BCUT2D eigenvalue weighted by Crippen LogP contribution is -2.43. The summed E-state index contributed by atoms with van der Waals surface area (Å²) in [5, 5.41) is 23.1. The van der Waals surface area contributed by atoms with Gasteiger partial charge in [-0.15, -0.1) is 0 Å². The molecule has 0 saturated carbocycles. The minimum Gasteiger partial charge on any atom is -0.480 e. The average molecular weight is 434 g/mol. The predicted molar refractivity (Wildman–Crippen MR) is 123 cm³/mol. The zero-order valence-electron chi connectivity index (χ0n) is 17.6. The molecule has 0 saturated heterocycles. The number of nitrogens with two attached hydrogens (primary N) is 1. The van der Waals surface area contributed by atoms with E-state index in [0.29, 0.717) is 12.8 Å². The molecule has 1 aliphatic rings. The van der Waals surface area contributed by atoms with E-state index in [0.717, 1.165) is 38.6 Å². The third-order valence-electron chi connectivity index (χ3n) is 5.87. The molecule has 4 aromatic rings. The van der Waals surface area contributed by atoms with Gasteiger partial charge in [-0.05, 0) is 30.2 Å². The number of aliphatic carboxylic acids is 2. The van der Waals surface area contributed by atoms with Gasteiger partial charge in [-0.1, -0.05) is 36.4 Å². The van der Waals surface area contributed by atoms with Crippen molar-refractivity contribution in [3.8, 4) is 0 Å². The number of para-hydroxylation sites is 2. The summed E-state index contributed by atoms with van der Waals surface area (Å²) in [7, 11) is 0. The lowest BCUT2D eigenvalue weighted by Gasteiger charge is -2.26. The summed E-state index contributed by atoms with van der Waals surface area (Å²) in [5.41, 5.74) is 10.8. The first kappa shape index (κ1) is 21.6. The average Bonchev–Trinajstić information content (AvgIpc) is 3.36. The van der Waals surface area contributed by atoms with Crippen molar-refractivity contribution >= 4 is 33.7 Å². The summed E-state index contributed by atoms with van der Waals surface area (Å²) in [6.07, 6.45) is 2.70. The first-order valence-electron chi connectivity index (χ1n) is 10.5. The van der Waals surface area contributed by atoms with Crippen LogP contribution in [0.4, 0.5) is 0 Å². The number of carboxylic acid groups (broad SMARTS) is 2. The fourth-order valence-corrected chi connectivity index (χ4v) is 4.24. The van der Waals surface area contributed by atoms with E-state index < -0.39 is 24.0 Å². The van der Waals surface area contributed by atoms with E-state index >= 15 is 0 Å². The van der Waals surface area contributed by atoms with Gasteiger partial charge in [0.2, 0.25) is 0 Å². The lowest BCUT2D eigenvalue weighted by atomic mass is 9.95. The van der Waals surface area contributed by atoms with Crippen molar-refractivity contribution in [2.24, 2.45) is 5.73 Å². The van der Waals surface area contributed by atoms with Crippen molar-refractivity contribution in [3.63, 3.8) is 0 Å². The summed E-state index contributed by atoms with van der Waals surface area (Å²) in [6.45, 7) is 1.99. The zero-order chi connectivity index (χ0) is 22.8. The molecule has 5 rings (SSSR count). The Morgan fingerprint density at radius 2 is 1.72 bits per heavy atom. The van der Waals surface area contributed by atoms with Crippen molar-refractivity contribution in [2.75, 3.05) is 0 Å².